The maximum atomic E-state index is 9.94. The molecular formula is C16H25NO. The molecule has 18 heavy (non-hydrogen) atoms. The van der Waals surface area contributed by atoms with Gasteiger partial charge in [-0.1, -0.05) is 38.3 Å². The molecule has 1 aromatic rings. The zero-order valence-corrected chi connectivity index (χ0v) is 11.4. The minimum Gasteiger partial charge on any atom is -0.391 e. The number of nitrogens with one attached hydrogen (secondary N) is 1. The Hall–Kier alpha value is -1.02. The summed E-state index contributed by atoms with van der Waals surface area (Å²) in [7, 11) is 0. The van der Waals surface area contributed by atoms with Crippen LogP contribution in [0.2, 0.25) is 0 Å². The van der Waals surface area contributed by atoms with Gasteiger partial charge in [0.05, 0.1) is 12.1 Å². The van der Waals surface area contributed by atoms with Gasteiger partial charge in [0.25, 0.3) is 0 Å². The van der Waals surface area contributed by atoms with E-state index < -0.39 is 0 Å². The average molecular weight is 247 g/mol. The summed E-state index contributed by atoms with van der Waals surface area (Å²) in [5.41, 5.74) is 2.55. The summed E-state index contributed by atoms with van der Waals surface area (Å²) in [5, 5.41) is 13.4. The molecule has 1 saturated carbocycles. The summed E-state index contributed by atoms with van der Waals surface area (Å²) < 4.78 is 0. The van der Waals surface area contributed by atoms with Crippen molar-refractivity contribution in [3.8, 4) is 0 Å². The molecule has 1 aliphatic carbocycles. The standard InChI is InChI=1S/C16H25NO/c1-2-3-6-13-9-11-14(12-10-13)17-15-7-4-5-8-16(15)18/h9-12,15-18H,2-8H2,1H3. The first-order chi connectivity index (χ1) is 8.79. The third-order valence-corrected chi connectivity index (χ3v) is 3.85. The molecule has 2 unspecified atom stereocenters. The fourth-order valence-electron chi connectivity index (χ4n) is 2.64. The van der Waals surface area contributed by atoms with Gasteiger partial charge in [0, 0.05) is 5.69 Å². The Balaban J connectivity index is 1.89. The van der Waals surface area contributed by atoms with Gasteiger partial charge < -0.3 is 10.4 Å². The van der Waals surface area contributed by atoms with Crippen molar-refractivity contribution < 1.29 is 5.11 Å². The van der Waals surface area contributed by atoms with Crippen molar-refractivity contribution in [3.63, 3.8) is 0 Å². The molecule has 0 amide bonds. The van der Waals surface area contributed by atoms with Gasteiger partial charge >= 0.3 is 0 Å². The molecule has 1 aromatic carbocycles. The second kappa shape index (κ2) is 6.79. The van der Waals surface area contributed by atoms with E-state index in [9.17, 15) is 5.11 Å². The van der Waals surface area contributed by atoms with Crippen LogP contribution in [0.15, 0.2) is 24.3 Å². The zero-order chi connectivity index (χ0) is 12.8. The Morgan fingerprint density at radius 2 is 1.89 bits per heavy atom. The highest BCUT2D eigenvalue weighted by Gasteiger charge is 2.22. The van der Waals surface area contributed by atoms with E-state index in [2.05, 4.69) is 36.5 Å². The van der Waals surface area contributed by atoms with E-state index >= 15 is 0 Å². The Morgan fingerprint density at radius 3 is 2.56 bits per heavy atom. The predicted octanol–water partition coefficient (Wildman–Crippen LogP) is 3.74. The maximum absolute atomic E-state index is 9.94. The highest BCUT2D eigenvalue weighted by atomic mass is 16.3. The minimum absolute atomic E-state index is 0.182. The molecule has 2 N–H and O–H groups in total. The fourth-order valence-corrected chi connectivity index (χ4v) is 2.64. The van der Waals surface area contributed by atoms with Crippen molar-refractivity contribution in [3.05, 3.63) is 29.8 Å². The first-order valence-corrected chi connectivity index (χ1v) is 7.33. The molecule has 0 spiro atoms. The Labute approximate surface area is 110 Å². The van der Waals surface area contributed by atoms with Gasteiger partial charge in [-0.2, -0.15) is 0 Å². The van der Waals surface area contributed by atoms with E-state index in [4.69, 9.17) is 0 Å². The van der Waals surface area contributed by atoms with Crippen LogP contribution in [0.3, 0.4) is 0 Å². The van der Waals surface area contributed by atoms with Crippen LogP contribution in [0.4, 0.5) is 5.69 Å². The summed E-state index contributed by atoms with van der Waals surface area (Å²) in [4.78, 5) is 0. The lowest BCUT2D eigenvalue weighted by Crippen LogP contribution is -2.36. The molecule has 0 saturated heterocycles. The van der Waals surface area contributed by atoms with Crippen molar-refractivity contribution in [2.75, 3.05) is 5.32 Å². The topological polar surface area (TPSA) is 32.3 Å². The predicted molar refractivity (Wildman–Crippen MR) is 76.9 cm³/mol. The van der Waals surface area contributed by atoms with Crippen LogP contribution in [0.25, 0.3) is 0 Å². The summed E-state index contributed by atoms with van der Waals surface area (Å²) in [6, 6.07) is 8.93. The summed E-state index contributed by atoms with van der Waals surface area (Å²) >= 11 is 0. The van der Waals surface area contributed by atoms with Crippen LogP contribution >= 0.6 is 0 Å². The number of aliphatic hydroxyl groups excluding tert-OH is 1. The van der Waals surface area contributed by atoms with Crippen molar-refractivity contribution in [2.45, 2.75) is 64.0 Å². The number of rotatable bonds is 5. The highest BCUT2D eigenvalue weighted by molar-refractivity contribution is 5.45. The Kier molecular flexibility index (Phi) is 5.06. The van der Waals surface area contributed by atoms with E-state index in [1.807, 2.05) is 0 Å². The van der Waals surface area contributed by atoms with E-state index in [0.717, 1.165) is 24.9 Å². The lowest BCUT2D eigenvalue weighted by molar-refractivity contribution is 0.116. The number of hydrogen-bond donors (Lipinski definition) is 2. The monoisotopic (exact) mass is 247 g/mol. The van der Waals surface area contributed by atoms with Gasteiger partial charge in [-0.15, -0.1) is 0 Å². The molecule has 2 heteroatoms. The van der Waals surface area contributed by atoms with E-state index in [1.54, 1.807) is 0 Å². The lowest BCUT2D eigenvalue weighted by Gasteiger charge is -2.29. The Morgan fingerprint density at radius 1 is 1.17 bits per heavy atom. The second-order valence-electron chi connectivity index (χ2n) is 5.40. The van der Waals surface area contributed by atoms with Gasteiger partial charge in [-0.05, 0) is 43.4 Å². The molecule has 1 fully saturated rings. The molecule has 0 aromatic heterocycles. The van der Waals surface area contributed by atoms with Crippen molar-refractivity contribution >= 4 is 5.69 Å². The Bertz CT molecular complexity index is 347. The van der Waals surface area contributed by atoms with Crippen LogP contribution < -0.4 is 5.32 Å². The molecule has 100 valence electrons. The first-order valence-electron chi connectivity index (χ1n) is 7.33. The molecule has 2 rings (SSSR count). The molecule has 0 radical (unpaired) electrons. The lowest BCUT2D eigenvalue weighted by atomic mass is 9.92. The minimum atomic E-state index is -0.182. The number of aryl methyl sites for hydroxylation is 1. The van der Waals surface area contributed by atoms with Gasteiger partial charge in [0.2, 0.25) is 0 Å². The van der Waals surface area contributed by atoms with Gasteiger partial charge in [0.15, 0.2) is 0 Å². The number of benzene rings is 1. The summed E-state index contributed by atoms with van der Waals surface area (Å²) in [5.74, 6) is 0. The zero-order valence-electron chi connectivity index (χ0n) is 11.4. The quantitative estimate of drug-likeness (QED) is 0.830. The van der Waals surface area contributed by atoms with Crippen LogP contribution in [0.1, 0.15) is 51.0 Å². The number of unbranched alkanes of at least 4 members (excludes halogenated alkanes) is 1. The first kappa shape index (κ1) is 13.4. The molecular weight excluding hydrogens is 222 g/mol. The van der Waals surface area contributed by atoms with Crippen LogP contribution in [0.5, 0.6) is 0 Å². The normalized spacial score (nSPS) is 23.9. The molecule has 2 nitrogen and oxygen atoms in total. The summed E-state index contributed by atoms with van der Waals surface area (Å²) in [6.45, 7) is 2.22. The van der Waals surface area contributed by atoms with Gasteiger partial charge in [0.1, 0.15) is 0 Å². The highest BCUT2D eigenvalue weighted by Crippen LogP contribution is 2.22. The average Bonchev–Trinajstić information content (AvgIpc) is 2.41. The largest absolute Gasteiger partial charge is 0.391 e. The molecule has 0 aliphatic heterocycles. The van der Waals surface area contributed by atoms with Crippen LogP contribution in [-0.4, -0.2) is 17.3 Å². The summed E-state index contributed by atoms with van der Waals surface area (Å²) in [6.07, 6.45) is 7.90. The molecule has 0 bridgehead atoms. The molecule has 1 aliphatic rings. The van der Waals surface area contributed by atoms with Crippen LogP contribution in [-0.2, 0) is 6.42 Å². The van der Waals surface area contributed by atoms with Crippen molar-refractivity contribution in [2.24, 2.45) is 0 Å². The third kappa shape index (κ3) is 3.74. The molecule has 0 heterocycles. The molecule has 2 atom stereocenters. The number of anilines is 1. The maximum Gasteiger partial charge on any atom is 0.0741 e. The van der Waals surface area contributed by atoms with E-state index in [-0.39, 0.29) is 12.1 Å². The van der Waals surface area contributed by atoms with Crippen LogP contribution in [0, 0.1) is 0 Å². The number of hydrogen-bond acceptors (Lipinski definition) is 2. The van der Waals surface area contributed by atoms with Crippen molar-refractivity contribution in [1.82, 2.24) is 0 Å². The van der Waals surface area contributed by atoms with Crippen molar-refractivity contribution in [1.29, 1.82) is 0 Å². The smallest absolute Gasteiger partial charge is 0.0741 e. The van der Waals surface area contributed by atoms with E-state index in [1.165, 1.54) is 31.2 Å². The SMILES string of the molecule is CCCCc1ccc(NC2CCCCC2O)cc1. The van der Waals surface area contributed by atoms with Gasteiger partial charge in [-0.25, -0.2) is 0 Å². The second-order valence-corrected chi connectivity index (χ2v) is 5.40. The fraction of sp³-hybridized carbons (Fsp3) is 0.625. The van der Waals surface area contributed by atoms with Gasteiger partial charge in [-0.3, -0.25) is 0 Å². The third-order valence-electron chi connectivity index (χ3n) is 3.85. The number of aliphatic hydroxyl groups is 1. The van der Waals surface area contributed by atoms with E-state index in [0.29, 0.717) is 0 Å².